The Hall–Kier alpha value is -1.92. The number of amides is 1. The van der Waals surface area contributed by atoms with E-state index in [9.17, 15) is 4.79 Å². The van der Waals surface area contributed by atoms with Gasteiger partial charge in [0.2, 0.25) is 0 Å². The highest BCUT2D eigenvalue weighted by molar-refractivity contribution is 7.13. The Labute approximate surface area is 140 Å². The highest BCUT2D eigenvalue weighted by Gasteiger charge is 2.21. The van der Waals surface area contributed by atoms with Crippen molar-refractivity contribution >= 4 is 17.2 Å². The van der Waals surface area contributed by atoms with Crippen LogP contribution in [0.15, 0.2) is 29.6 Å². The van der Waals surface area contributed by atoms with E-state index < -0.39 is 5.54 Å². The Morgan fingerprint density at radius 3 is 2.57 bits per heavy atom. The summed E-state index contributed by atoms with van der Waals surface area (Å²) >= 11 is 1.44. The smallest absolute Gasteiger partial charge is 0.271 e. The van der Waals surface area contributed by atoms with Gasteiger partial charge in [0, 0.05) is 23.0 Å². The second-order valence-corrected chi connectivity index (χ2v) is 7.13. The van der Waals surface area contributed by atoms with Crippen LogP contribution in [0.4, 0.5) is 0 Å². The van der Waals surface area contributed by atoms with E-state index in [1.807, 2.05) is 52.0 Å². The van der Waals surface area contributed by atoms with Crippen LogP contribution in [-0.4, -0.2) is 29.1 Å². The van der Waals surface area contributed by atoms with Gasteiger partial charge in [-0.1, -0.05) is 0 Å². The minimum absolute atomic E-state index is 0.141. The molecule has 1 amide bonds. The van der Waals surface area contributed by atoms with Gasteiger partial charge in [-0.15, -0.1) is 11.3 Å². The molecule has 2 aromatic rings. The lowest BCUT2D eigenvalue weighted by Crippen LogP contribution is -2.48. The van der Waals surface area contributed by atoms with Gasteiger partial charge in [0.25, 0.3) is 5.91 Å². The summed E-state index contributed by atoms with van der Waals surface area (Å²) in [7, 11) is 0. The largest absolute Gasteiger partial charge is 0.491 e. The molecule has 1 aromatic carbocycles. The third-order valence-corrected chi connectivity index (χ3v) is 4.06. The molecule has 0 bridgehead atoms. The van der Waals surface area contributed by atoms with E-state index in [0.717, 1.165) is 16.3 Å². The predicted molar refractivity (Wildman–Crippen MR) is 93.9 cm³/mol. The summed E-state index contributed by atoms with van der Waals surface area (Å²) in [5, 5.41) is 5.44. The van der Waals surface area contributed by atoms with Crippen molar-refractivity contribution in [2.75, 3.05) is 6.54 Å². The molecule has 6 heteroatoms. The van der Waals surface area contributed by atoms with Crippen LogP contribution in [0.3, 0.4) is 0 Å². The van der Waals surface area contributed by atoms with Crippen LogP contribution < -0.4 is 15.8 Å². The molecule has 0 saturated heterocycles. The molecule has 0 aliphatic carbocycles. The van der Waals surface area contributed by atoms with E-state index in [-0.39, 0.29) is 12.0 Å². The number of nitrogens with two attached hydrogens (primary N) is 1. The monoisotopic (exact) mass is 333 g/mol. The Bertz CT molecular complexity index is 663. The van der Waals surface area contributed by atoms with Crippen LogP contribution in [-0.2, 0) is 0 Å². The van der Waals surface area contributed by atoms with E-state index in [0.29, 0.717) is 12.2 Å². The van der Waals surface area contributed by atoms with E-state index >= 15 is 0 Å². The van der Waals surface area contributed by atoms with Crippen molar-refractivity contribution in [2.45, 2.75) is 39.3 Å². The van der Waals surface area contributed by atoms with Crippen molar-refractivity contribution in [3.63, 3.8) is 0 Å². The summed E-state index contributed by atoms with van der Waals surface area (Å²) in [5.41, 5.74) is 6.56. The fourth-order valence-electron chi connectivity index (χ4n) is 1.88. The molecular formula is C17H23N3O2S. The first-order valence-corrected chi connectivity index (χ1v) is 8.44. The molecule has 0 fully saturated rings. The van der Waals surface area contributed by atoms with Gasteiger partial charge < -0.3 is 15.8 Å². The molecule has 1 heterocycles. The zero-order valence-electron chi connectivity index (χ0n) is 13.9. The molecule has 0 radical (unpaired) electrons. The number of nitrogens with one attached hydrogen (secondary N) is 1. The van der Waals surface area contributed by atoms with Gasteiger partial charge in [0.05, 0.1) is 6.10 Å². The Morgan fingerprint density at radius 2 is 2.00 bits per heavy atom. The molecule has 2 rings (SSSR count). The molecule has 0 atom stereocenters. The van der Waals surface area contributed by atoms with Crippen LogP contribution in [0.5, 0.6) is 5.75 Å². The number of thiazole rings is 1. The molecule has 0 aliphatic heterocycles. The van der Waals surface area contributed by atoms with Crippen molar-refractivity contribution in [3.8, 4) is 16.3 Å². The first-order valence-electron chi connectivity index (χ1n) is 7.56. The van der Waals surface area contributed by atoms with Crippen LogP contribution in [0.1, 0.15) is 38.2 Å². The van der Waals surface area contributed by atoms with Crippen LogP contribution in [0.2, 0.25) is 0 Å². The molecule has 23 heavy (non-hydrogen) atoms. The van der Waals surface area contributed by atoms with Gasteiger partial charge >= 0.3 is 0 Å². The summed E-state index contributed by atoms with van der Waals surface area (Å²) in [5.74, 6) is 0.616. The summed E-state index contributed by atoms with van der Waals surface area (Å²) in [6.07, 6.45) is 0.141. The summed E-state index contributed by atoms with van der Waals surface area (Å²) in [4.78, 5) is 16.6. The molecular weight excluding hydrogens is 310 g/mol. The number of hydrogen-bond acceptors (Lipinski definition) is 5. The molecule has 0 saturated carbocycles. The molecule has 1 aromatic heterocycles. The van der Waals surface area contributed by atoms with Crippen molar-refractivity contribution in [2.24, 2.45) is 5.73 Å². The van der Waals surface area contributed by atoms with E-state index in [2.05, 4.69) is 10.3 Å². The van der Waals surface area contributed by atoms with Crippen LogP contribution >= 0.6 is 11.3 Å². The average molecular weight is 333 g/mol. The van der Waals surface area contributed by atoms with Gasteiger partial charge in [-0.25, -0.2) is 4.98 Å². The third-order valence-electron chi connectivity index (χ3n) is 3.17. The number of benzene rings is 1. The fourth-order valence-corrected chi connectivity index (χ4v) is 2.69. The van der Waals surface area contributed by atoms with Gasteiger partial charge in [-0.05, 0) is 52.0 Å². The molecule has 124 valence electrons. The Kier molecular flexibility index (Phi) is 5.38. The highest BCUT2D eigenvalue weighted by atomic mass is 32.1. The maximum absolute atomic E-state index is 12.2. The first-order chi connectivity index (χ1) is 10.8. The van der Waals surface area contributed by atoms with E-state index in [4.69, 9.17) is 10.5 Å². The minimum Gasteiger partial charge on any atom is -0.491 e. The van der Waals surface area contributed by atoms with Crippen molar-refractivity contribution in [1.82, 2.24) is 10.3 Å². The number of carbonyl (C=O) groups is 1. The lowest BCUT2D eigenvalue weighted by molar-refractivity contribution is 0.0911. The quantitative estimate of drug-likeness (QED) is 0.852. The lowest BCUT2D eigenvalue weighted by atomic mass is 10.1. The molecule has 0 spiro atoms. The normalized spacial score (nSPS) is 11.6. The zero-order chi connectivity index (χ0) is 17.0. The van der Waals surface area contributed by atoms with E-state index in [1.165, 1.54) is 11.3 Å². The first kappa shape index (κ1) is 17.4. The number of nitrogens with zero attached hydrogens (tertiary/aromatic N) is 1. The van der Waals surface area contributed by atoms with Crippen molar-refractivity contribution in [3.05, 3.63) is 35.3 Å². The maximum Gasteiger partial charge on any atom is 0.271 e. The summed E-state index contributed by atoms with van der Waals surface area (Å²) in [6.45, 7) is 8.11. The number of ether oxygens (including phenoxy) is 1. The number of carbonyl (C=O) groups excluding carboxylic acids is 1. The fraction of sp³-hybridized carbons (Fsp3) is 0.412. The lowest BCUT2D eigenvalue weighted by Gasteiger charge is -2.23. The zero-order valence-corrected chi connectivity index (χ0v) is 14.7. The number of hydrogen-bond donors (Lipinski definition) is 2. The molecule has 0 unspecified atom stereocenters. The highest BCUT2D eigenvalue weighted by Crippen LogP contribution is 2.26. The Balaban J connectivity index is 2.11. The molecule has 5 nitrogen and oxygen atoms in total. The van der Waals surface area contributed by atoms with Crippen molar-refractivity contribution < 1.29 is 9.53 Å². The SMILES string of the molecule is CC(C)Oc1ccc(-c2nc(C(=O)NC(C)(C)CN)cs2)cc1. The van der Waals surface area contributed by atoms with Gasteiger partial charge in [0.1, 0.15) is 16.5 Å². The third kappa shape index (κ3) is 4.77. The van der Waals surface area contributed by atoms with Gasteiger partial charge in [0.15, 0.2) is 0 Å². The van der Waals surface area contributed by atoms with Crippen molar-refractivity contribution in [1.29, 1.82) is 0 Å². The topological polar surface area (TPSA) is 77.2 Å². The van der Waals surface area contributed by atoms with Gasteiger partial charge in [-0.3, -0.25) is 4.79 Å². The number of aromatic nitrogens is 1. The van der Waals surface area contributed by atoms with Crippen LogP contribution in [0.25, 0.3) is 10.6 Å². The van der Waals surface area contributed by atoms with Gasteiger partial charge in [-0.2, -0.15) is 0 Å². The average Bonchev–Trinajstić information content (AvgIpc) is 2.97. The maximum atomic E-state index is 12.2. The summed E-state index contributed by atoms with van der Waals surface area (Å²) < 4.78 is 5.62. The summed E-state index contributed by atoms with van der Waals surface area (Å²) in [6, 6.07) is 7.71. The number of rotatable bonds is 6. The second kappa shape index (κ2) is 7.10. The van der Waals surface area contributed by atoms with E-state index in [1.54, 1.807) is 5.38 Å². The standard InChI is InChI=1S/C17H23N3O2S/c1-11(2)22-13-7-5-12(6-8-13)16-19-14(9-23-16)15(21)20-17(3,4)10-18/h5-9,11H,10,18H2,1-4H3,(H,20,21). The second-order valence-electron chi connectivity index (χ2n) is 6.27. The molecule has 3 N–H and O–H groups in total. The van der Waals surface area contributed by atoms with Crippen LogP contribution in [0, 0.1) is 0 Å². The predicted octanol–water partition coefficient (Wildman–Crippen LogP) is 3.06. The molecule has 0 aliphatic rings. The minimum atomic E-state index is -0.448. The Morgan fingerprint density at radius 1 is 1.35 bits per heavy atom.